The van der Waals surface area contributed by atoms with Crippen LogP contribution >= 0.6 is 0 Å². The summed E-state index contributed by atoms with van der Waals surface area (Å²) < 4.78 is 2.22. The Morgan fingerprint density at radius 2 is 2.06 bits per heavy atom. The van der Waals surface area contributed by atoms with Crippen LogP contribution in [-0.4, -0.2) is 34.6 Å². The van der Waals surface area contributed by atoms with Gasteiger partial charge in [0.2, 0.25) is 0 Å². The second kappa shape index (κ2) is 5.41. The maximum absolute atomic E-state index is 6.16. The molecule has 0 spiro atoms. The summed E-state index contributed by atoms with van der Waals surface area (Å²) in [6, 6.07) is 0. The summed E-state index contributed by atoms with van der Waals surface area (Å²) >= 11 is 0. The molecule has 0 aromatic carbocycles. The van der Waals surface area contributed by atoms with Crippen LogP contribution in [0.4, 0.5) is 0 Å². The highest BCUT2D eigenvalue weighted by Gasteiger charge is 2.20. The Hall–Kier alpha value is -0.870. The lowest BCUT2D eigenvalue weighted by Gasteiger charge is -2.29. The van der Waals surface area contributed by atoms with Crippen molar-refractivity contribution in [2.24, 2.45) is 11.7 Å². The van der Waals surface area contributed by atoms with E-state index in [1.807, 2.05) is 26.4 Å². The van der Waals surface area contributed by atoms with Gasteiger partial charge in [-0.2, -0.15) is 0 Å². The highest BCUT2D eigenvalue weighted by Crippen LogP contribution is 2.22. The van der Waals surface area contributed by atoms with E-state index in [0.717, 1.165) is 18.2 Å². The predicted octanol–water partition coefficient (Wildman–Crippen LogP) is 1.81. The Labute approximate surface area is 110 Å². The number of imidazole rings is 1. The van der Waals surface area contributed by atoms with Crippen molar-refractivity contribution in [3.63, 3.8) is 0 Å². The van der Waals surface area contributed by atoms with Crippen LogP contribution in [0.3, 0.4) is 0 Å². The summed E-state index contributed by atoms with van der Waals surface area (Å²) in [4.78, 5) is 6.66. The highest BCUT2D eigenvalue weighted by molar-refractivity contribution is 5.09. The van der Waals surface area contributed by atoms with Gasteiger partial charge in [0.05, 0.1) is 17.6 Å². The molecule has 102 valence electrons. The molecule has 2 rings (SSSR count). The van der Waals surface area contributed by atoms with Crippen molar-refractivity contribution in [1.82, 2.24) is 14.5 Å². The van der Waals surface area contributed by atoms with Crippen LogP contribution in [0.25, 0.3) is 0 Å². The lowest BCUT2D eigenvalue weighted by molar-refractivity contribution is 0.207. The van der Waals surface area contributed by atoms with Crippen molar-refractivity contribution in [3.05, 3.63) is 18.2 Å². The van der Waals surface area contributed by atoms with Crippen LogP contribution in [-0.2, 0) is 12.1 Å². The van der Waals surface area contributed by atoms with Gasteiger partial charge in [0.25, 0.3) is 0 Å². The predicted molar refractivity (Wildman–Crippen MR) is 74.3 cm³/mol. The van der Waals surface area contributed by atoms with Crippen molar-refractivity contribution in [2.75, 3.05) is 20.1 Å². The van der Waals surface area contributed by atoms with E-state index < -0.39 is 0 Å². The van der Waals surface area contributed by atoms with Gasteiger partial charge in [-0.1, -0.05) is 0 Å². The Kier molecular flexibility index (Phi) is 4.07. The first-order valence-corrected chi connectivity index (χ1v) is 6.95. The lowest BCUT2D eigenvalue weighted by atomic mass is 9.93. The van der Waals surface area contributed by atoms with Gasteiger partial charge >= 0.3 is 0 Å². The van der Waals surface area contributed by atoms with E-state index >= 15 is 0 Å². The molecule has 0 atom stereocenters. The highest BCUT2D eigenvalue weighted by atomic mass is 15.1. The summed E-state index contributed by atoms with van der Waals surface area (Å²) in [6.45, 7) is 7.60. The molecule has 1 fully saturated rings. The molecule has 0 bridgehead atoms. The molecular weight excluding hydrogens is 224 g/mol. The van der Waals surface area contributed by atoms with Crippen LogP contribution in [0, 0.1) is 5.92 Å². The number of hydrogen-bond acceptors (Lipinski definition) is 3. The minimum absolute atomic E-state index is 0.302. The van der Waals surface area contributed by atoms with Crippen LogP contribution < -0.4 is 5.73 Å². The van der Waals surface area contributed by atoms with E-state index in [4.69, 9.17) is 5.73 Å². The third-order valence-electron chi connectivity index (χ3n) is 3.99. The molecule has 2 N–H and O–H groups in total. The quantitative estimate of drug-likeness (QED) is 0.886. The lowest BCUT2D eigenvalue weighted by Crippen LogP contribution is -2.32. The Bertz CT molecular complexity index is 369. The third-order valence-corrected chi connectivity index (χ3v) is 3.99. The first kappa shape index (κ1) is 13.6. The SMILES string of the molecule is CN1CCC(CCn2cncc2C(C)(C)N)CC1. The number of piperidine rings is 1. The van der Waals surface area contributed by atoms with Crippen molar-refractivity contribution < 1.29 is 0 Å². The molecule has 0 aliphatic carbocycles. The molecule has 0 amide bonds. The molecule has 2 heterocycles. The molecular formula is C14H26N4. The largest absolute Gasteiger partial charge is 0.333 e. The van der Waals surface area contributed by atoms with Crippen LogP contribution in [0.2, 0.25) is 0 Å². The van der Waals surface area contributed by atoms with E-state index in [1.54, 1.807) is 0 Å². The second-order valence-corrected chi connectivity index (χ2v) is 6.23. The molecule has 18 heavy (non-hydrogen) atoms. The number of aryl methyl sites for hydroxylation is 1. The van der Waals surface area contributed by atoms with Gasteiger partial charge in [-0.15, -0.1) is 0 Å². The summed E-state index contributed by atoms with van der Waals surface area (Å²) in [5.74, 6) is 0.859. The van der Waals surface area contributed by atoms with Gasteiger partial charge in [0.15, 0.2) is 0 Å². The van der Waals surface area contributed by atoms with Gasteiger partial charge in [0, 0.05) is 12.7 Å². The van der Waals surface area contributed by atoms with Gasteiger partial charge < -0.3 is 15.2 Å². The summed E-state index contributed by atoms with van der Waals surface area (Å²) in [5.41, 5.74) is 6.99. The normalized spacial score (nSPS) is 19.3. The fourth-order valence-corrected chi connectivity index (χ4v) is 2.71. The molecule has 1 aromatic rings. The van der Waals surface area contributed by atoms with Crippen molar-refractivity contribution in [2.45, 2.75) is 45.2 Å². The van der Waals surface area contributed by atoms with Crippen molar-refractivity contribution >= 4 is 0 Å². The van der Waals surface area contributed by atoms with E-state index in [1.165, 1.54) is 32.4 Å². The number of nitrogens with two attached hydrogens (primary N) is 1. The van der Waals surface area contributed by atoms with E-state index in [9.17, 15) is 0 Å². The Morgan fingerprint density at radius 1 is 1.39 bits per heavy atom. The van der Waals surface area contributed by atoms with Crippen molar-refractivity contribution in [1.29, 1.82) is 0 Å². The maximum Gasteiger partial charge on any atom is 0.0948 e. The van der Waals surface area contributed by atoms with Gasteiger partial charge in [0.1, 0.15) is 0 Å². The smallest absolute Gasteiger partial charge is 0.0948 e. The molecule has 1 aliphatic rings. The minimum atomic E-state index is -0.302. The molecule has 4 nitrogen and oxygen atoms in total. The average molecular weight is 250 g/mol. The zero-order valence-electron chi connectivity index (χ0n) is 11.9. The van der Waals surface area contributed by atoms with Crippen molar-refractivity contribution in [3.8, 4) is 0 Å². The van der Waals surface area contributed by atoms with Crippen LogP contribution in [0.15, 0.2) is 12.5 Å². The second-order valence-electron chi connectivity index (χ2n) is 6.23. The Balaban J connectivity index is 1.89. The number of aromatic nitrogens is 2. The average Bonchev–Trinajstić information content (AvgIpc) is 2.76. The topological polar surface area (TPSA) is 47.1 Å². The van der Waals surface area contributed by atoms with Gasteiger partial charge in [-0.25, -0.2) is 4.98 Å². The molecule has 1 aliphatic heterocycles. The van der Waals surface area contributed by atoms with Crippen LogP contribution in [0.5, 0.6) is 0 Å². The fourth-order valence-electron chi connectivity index (χ4n) is 2.71. The van der Waals surface area contributed by atoms with E-state index in [-0.39, 0.29) is 5.54 Å². The van der Waals surface area contributed by atoms with E-state index in [0.29, 0.717) is 0 Å². The zero-order valence-corrected chi connectivity index (χ0v) is 11.9. The monoisotopic (exact) mass is 250 g/mol. The Morgan fingerprint density at radius 3 is 2.67 bits per heavy atom. The fraction of sp³-hybridized carbons (Fsp3) is 0.786. The van der Waals surface area contributed by atoms with Gasteiger partial charge in [-0.05, 0) is 59.2 Å². The first-order valence-electron chi connectivity index (χ1n) is 6.95. The molecule has 4 heteroatoms. The first-order chi connectivity index (χ1) is 8.47. The summed E-state index contributed by atoms with van der Waals surface area (Å²) in [5, 5.41) is 0. The van der Waals surface area contributed by atoms with E-state index in [2.05, 4.69) is 21.5 Å². The van der Waals surface area contributed by atoms with Crippen LogP contribution in [0.1, 0.15) is 38.8 Å². The molecule has 1 aromatic heterocycles. The molecule has 0 saturated carbocycles. The summed E-state index contributed by atoms with van der Waals surface area (Å²) in [7, 11) is 2.21. The zero-order chi connectivity index (χ0) is 13.2. The van der Waals surface area contributed by atoms with Gasteiger partial charge in [-0.3, -0.25) is 0 Å². The molecule has 1 saturated heterocycles. The number of rotatable bonds is 4. The number of nitrogens with zero attached hydrogens (tertiary/aromatic N) is 3. The number of hydrogen-bond donors (Lipinski definition) is 1. The molecule has 0 unspecified atom stereocenters. The molecule has 0 radical (unpaired) electrons. The maximum atomic E-state index is 6.16. The third kappa shape index (κ3) is 3.33. The standard InChI is InChI=1S/C14H26N4/c1-14(2,15)13-10-16-11-18(13)9-6-12-4-7-17(3)8-5-12/h10-12H,4-9,15H2,1-3H3. The minimum Gasteiger partial charge on any atom is -0.333 e. The number of likely N-dealkylation sites (tertiary alicyclic amines) is 1. The summed E-state index contributed by atoms with van der Waals surface area (Å²) in [6.07, 6.45) is 7.71.